The number of ether oxygens (including phenoxy) is 3. The van der Waals surface area contributed by atoms with Gasteiger partial charge in [-0.15, -0.1) is 0 Å². The molecule has 1 aliphatic heterocycles. The number of aromatic nitrogens is 2. The maximum atomic E-state index is 13.1. The van der Waals surface area contributed by atoms with Crippen molar-refractivity contribution in [2.75, 3.05) is 58.1 Å². The molecule has 2 aliphatic rings. The minimum absolute atomic E-state index is 0.0497. The van der Waals surface area contributed by atoms with E-state index in [0.717, 1.165) is 12.2 Å². The summed E-state index contributed by atoms with van der Waals surface area (Å²) in [4.78, 5) is 26.4. The lowest BCUT2D eigenvalue weighted by molar-refractivity contribution is -0.133. The average molecular weight is 464 g/mol. The summed E-state index contributed by atoms with van der Waals surface area (Å²) in [6.45, 7) is 2.57. The zero-order valence-corrected chi connectivity index (χ0v) is 19.7. The predicted molar refractivity (Wildman–Crippen MR) is 130 cm³/mol. The van der Waals surface area contributed by atoms with Crippen LogP contribution in [-0.4, -0.2) is 68.3 Å². The highest BCUT2D eigenvalue weighted by atomic mass is 16.5. The number of anilines is 2. The topological polar surface area (TPSA) is 103 Å². The van der Waals surface area contributed by atoms with Crippen LogP contribution in [0.15, 0.2) is 36.4 Å². The molecule has 3 aromatic rings. The normalized spacial score (nSPS) is 19.7. The molecule has 5 rings (SSSR count). The molecule has 1 aromatic heterocycles. The molecule has 2 fully saturated rings. The van der Waals surface area contributed by atoms with Gasteiger partial charge >= 0.3 is 0 Å². The molecule has 2 aromatic carbocycles. The number of carbonyl (C=O) groups excluding carboxylic acids is 1. The standard InChI is InChI=1S/C25H29N5O4/c1-32-16-6-4-5-15(11-16)17-12-18(17)24(31)29-7-9-30(10-8-29)25-27-20-14-22(34-3)21(33-2)13-19(20)23(26)28-25/h4-6,11,13-14,17-18H,7-10,12H2,1-3H3,(H2,26,27,28)/t17-,18+/m0/s1. The first-order valence-electron chi connectivity index (χ1n) is 11.4. The quantitative estimate of drug-likeness (QED) is 0.595. The van der Waals surface area contributed by atoms with Crippen LogP contribution in [0.3, 0.4) is 0 Å². The lowest BCUT2D eigenvalue weighted by atomic mass is 10.1. The lowest BCUT2D eigenvalue weighted by Crippen LogP contribution is -2.49. The third kappa shape index (κ3) is 4.02. The van der Waals surface area contributed by atoms with Crippen molar-refractivity contribution in [3.63, 3.8) is 0 Å². The highest BCUT2D eigenvalue weighted by Crippen LogP contribution is 2.49. The van der Waals surface area contributed by atoms with Crippen molar-refractivity contribution < 1.29 is 19.0 Å². The Kier molecular flexibility index (Phi) is 5.77. The van der Waals surface area contributed by atoms with Crippen LogP contribution in [0.1, 0.15) is 17.9 Å². The Morgan fingerprint density at radius 2 is 1.71 bits per heavy atom. The molecule has 2 N–H and O–H groups in total. The molecule has 34 heavy (non-hydrogen) atoms. The molecule has 178 valence electrons. The summed E-state index contributed by atoms with van der Waals surface area (Å²) in [6, 6.07) is 11.6. The van der Waals surface area contributed by atoms with E-state index in [-0.39, 0.29) is 17.7 Å². The molecule has 1 amide bonds. The Morgan fingerprint density at radius 3 is 2.41 bits per heavy atom. The summed E-state index contributed by atoms with van der Waals surface area (Å²) < 4.78 is 16.1. The molecule has 9 heteroatoms. The van der Waals surface area contributed by atoms with Crippen LogP contribution in [0.2, 0.25) is 0 Å². The number of nitrogens with two attached hydrogens (primary N) is 1. The first-order chi connectivity index (χ1) is 16.5. The minimum atomic E-state index is 0.0497. The number of carbonyl (C=O) groups is 1. The second-order valence-electron chi connectivity index (χ2n) is 8.67. The van der Waals surface area contributed by atoms with Crippen LogP contribution in [0, 0.1) is 5.92 Å². The fourth-order valence-electron chi connectivity index (χ4n) is 4.68. The van der Waals surface area contributed by atoms with E-state index in [0.29, 0.717) is 60.3 Å². The lowest BCUT2D eigenvalue weighted by Gasteiger charge is -2.35. The summed E-state index contributed by atoms with van der Waals surface area (Å²) >= 11 is 0. The van der Waals surface area contributed by atoms with Crippen LogP contribution in [-0.2, 0) is 4.79 Å². The smallest absolute Gasteiger partial charge is 0.228 e. The first kappa shape index (κ1) is 22.1. The van der Waals surface area contributed by atoms with Gasteiger partial charge in [0.05, 0.1) is 26.8 Å². The fraction of sp³-hybridized carbons (Fsp3) is 0.400. The summed E-state index contributed by atoms with van der Waals surface area (Å²) in [5, 5.41) is 0.715. The second-order valence-corrected chi connectivity index (χ2v) is 8.67. The van der Waals surface area contributed by atoms with E-state index < -0.39 is 0 Å². The predicted octanol–water partition coefficient (Wildman–Crippen LogP) is 2.69. The van der Waals surface area contributed by atoms with Gasteiger partial charge in [-0.05, 0) is 36.1 Å². The van der Waals surface area contributed by atoms with Gasteiger partial charge in [0.2, 0.25) is 11.9 Å². The Balaban J connectivity index is 1.26. The summed E-state index contributed by atoms with van der Waals surface area (Å²) in [5.41, 5.74) is 8.11. The van der Waals surface area contributed by atoms with Crippen molar-refractivity contribution in [3.05, 3.63) is 42.0 Å². The molecule has 2 atom stereocenters. The Labute approximate surface area is 198 Å². The van der Waals surface area contributed by atoms with Gasteiger partial charge in [-0.25, -0.2) is 4.98 Å². The summed E-state index contributed by atoms with van der Waals surface area (Å²) in [6.07, 6.45) is 0.891. The third-order valence-electron chi connectivity index (χ3n) is 6.72. The van der Waals surface area contributed by atoms with Gasteiger partial charge in [0.15, 0.2) is 11.5 Å². The van der Waals surface area contributed by atoms with Gasteiger partial charge < -0.3 is 29.7 Å². The van der Waals surface area contributed by atoms with Crippen LogP contribution >= 0.6 is 0 Å². The zero-order valence-electron chi connectivity index (χ0n) is 19.7. The maximum absolute atomic E-state index is 13.1. The molecule has 0 unspecified atom stereocenters. The molecular formula is C25H29N5O4. The van der Waals surface area contributed by atoms with Gasteiger partial charge in [-0.2, -0.15) is 4.98 Å². The number of fused-ring (bicyclic) bond motifs is 1. The van der Waals surface area contributed by atoms with Crippen molar-refractivity contribution in [1.29, 1.82) is 0 Å². The first-order valence-corrected chi connectivity index (χ1v) is 11.4. The zero-order chi connectivity index (χ0) is 23.8. The Hall–Kier alpha value is -3.75. The second kappa shape index (κ2) is 8.89. The molecular weight excluding hydrogens is 434 g/mol. The monoisotopic (exact) mass is 463 g/mol. The van der Waals surface area contributed by atoms with Gasteiger partial charge in [0, 0.05) is 43.5 Å². The van der Waals surface area contributed by atoms with Crippen LogP contribution in [0.5, 0.6) is 17.2 Å². The highest BCUT2D eigenvalue weighted by Gasteiger charge is 2.46. The molecule has 0 spiro atoms. The van der Waals surface area contributed by atoms with Crippen molar-refractivity contribution in [2.45, 2.75) is 12.3 Å². The van der Waals surface area contributed by atoms with E-state index in [1.165, 1.54) is 5.56 Å². The number of piperazine rings is 1. The van der Waals surface area contributed by atoms with Gasteiger partial charge in [-0.3, -0.25) is 4.79 Å². The van der Waals surface area contributed by atoms with Gasteiger partial charge in [0.25, 0.3) is 0 Å². The van der Waals surface area contributed by atoms with Crippen LogP contribution in [0.25, 0.3) is 10.9 Å². The number of nitrogens with zero attached hydrogens (tertiary/aromatic N) is 4. The fourth-order valence-corrected chi connectivity index (χ4v) is 4.68. The molecule has 0 bridgehead atoms. The summed E-state index contributed by atoms with van der Waals surface area (Å²) in [7, 11) is 4.83. The average Bonchev–Trinajstić information content (AvgIpc) is 3.68. The summed E-state index contributed by atoms with van der Waals surface area (Å²) in [5.74, 6) is 3.49. The minimum Gasteiger partial charge on any atom is -0.497 e. The third-order valence-corrected chi connectivity index (χ3v) is 6.72. The van der Waals surface area contributed by atoms with Gasteiger partial charge in [-0.1, -0.05) is 12.1 Å². The number of rotatable bonds is 6. The number of hydrogen-bond acceptors (Lipinski definition) is 8. The van der Waals surface area contributed by atoms with E-state index in [4.69, 9.17) is 24.9 Å². The number of nitrogen functional groups attached to an aromatic ring is 1. The van der Waals surface area contributed by atoms with Crippen molar-refractivity contribution in [3.8, 4) is 17.2 Å². The number of amides is 1. The SMILES string of the molecule is COc1cccc([C@@H]2C[C@H]2C(=O)N2CCN(c3nc(N)c4cc(OC)c(OC)cc4n3)CC2)c1. The van der Waals surface area contributed by atoms with E-state index in [1.807, 2.05) is 23.1 Å². The molecule has 9 nitrogen and oxygen atoms in total. The van der Waals surface area contributed by atoms with Crippen LogP contribution < -0.4 is 24.8 Å². The van der Waals surface area contributed by atoms with Crippen molar-refractivity contribution in [2.24, 2.45) is 5.92 Å². The van der Waals surface area contributed by atoms with E-state index >= 15 is 0 Å². The molecule has 1 saturated heterocycles. The molecule has 0 radical (unpaired) electrons. The number of methoxy groups -OCH3 is 3. The number of benzene rings is 2. The van der Waals surface area contributed by atoms with E-state index in [2.05, 4.69) is 16.0 Å². The van der Waals surface area contributed by atoms with E-state index in [9.17, 15) is 4.79 Å². The van der Waals surface area contributed by atoms with Crippen molar-refractivity contribution in [1.82, 2.24) is 14.9 Å². The molecule has 2 heterocycles. The Morgan fingerprint density at radius 1 is 0.971 bits per heavy atom. The largest absolute Gasteiger partial charge is 0.497 e. The van der Waals surface area contributed by atoms with Crippen LogP contribution in [0.4, 0.5) is 11.8 Å². The van der Waals surface area contributed by atoms with Crippen molar-refractivity contribution >= 4 is 28.6 Å². The highest BCUT2D eigenvalue weighted by molar-refractivity contribution is 5.91. The van der Waals surface area contributed by atoms with Gasteiger partial charge in [0.1, 0.15) is 11.6 Å². The maximum Gasteiger partial charge on any atom is 0.228 e. The molecule has 1 saturated carbocycles. The Bertz CT molecular complexity index is 1230. The molecule has 1 aliphatic carbocycles. The van der Waals surface area contributed by atoms with E-state index in [1.54, 1.807) is 33.5 Å². The number of hydrogen-bond donors (Lipinski definition) is 1.